The van der Waals surface area contributed by atoms with E-state index < -0.39 is 21.0 Å². The molecule has 2 amide bonds. The summed E-state index contributed by atoms with van der Waals surface area (Å²) in [5, 5.41) is 5.34. The molecule has 0 aliphatic rings. The van der Waals surface area contributed by atoms with Gasteiger partial charge >= 0.3 is 21.0 Å². The van der Waals surface area contributed by atoms with Crippen molar-refractivity contribution in [2.45, 2.75) is 27.7 Å². The van der Waals surface area contributed by atoms with Crippen LogP contribution in [0, 0.1) is 11.8 Å². The fourth-order valence-electron chi connectivity index (χ4n) is 2.38. The Kier molecular flexibility index (Phi) is 11.7. The van der Waals surface area contributed by atoms with Gasteiger partial charge in [-0.15, -0.1) is 0 Å². The third-order valence-corrected chi connectivity index (χ3v) is 4.73. The Bertz CT molecular complexity index is 1230. The molecule has 0 fully saturated rings. The monoisotopic (exact) mass is 550 g/mol. The number of carbonyl (C=O) groups excluding carboxylic acids is 2. The summed E-state index contributed by atoms with van der Waals surface area (Å²) >= 11 is 0. The van der Waals surface area contributed by atoms with Gasteiger partial charge in [-0.25, -0.2) is 0 Å². The molecule has 0 aromatic heterocycles. The van der Waals surface area contributed by atoms with E-state index >= 15 is 0 Å². The predicted octanol–water partition coefficient (Wildman–Crippen LogP) is 3.33. The van der Waals surface area contributed by atoms with E-state index in [9.17, 15) is 34.2 Å². The third kappa shape index (κ3) is 13.6. The Hall–Kier alpha value is -3.26. The number of carbonyl (C=O) groups is 2. The van der Waals surface area contributed by atoms with Crippen molar-refractivity contribution in [2.75, 3.05) is 13.1 Å². The highest BCUT2D eigenvalue weighted by Gasteiger charge is 2.13. The van der Waals surface area contributed by atoms with Crippen molar-refractivity contribution < 1.29 is 42.6 Å². The Balaban J connectivity index is 0.000000360. The van der Waals surface area contributed by atoms with Gasteiger partial charge in [0.2, 0.25) is 0 Å². The van der Waals surface area contributed by atoms with Crippen molar-refractivity contribution in [3.8, 4) is 11.5 Å². The Morgan fingerprint density at radius 1 is 0.722 bits per heavy atom. The second kappa shape index (κ2) is 13.7. The summed E-state index contributed by atoms with van der Waals surface area (Å²) in [6.07, 6.45) is 0. The second-order valence-electron chi connectivity index (χ2n) is 8.21. The number of benzene rings is 2. The zero-order valence-corrected chi connectivity index (χ0v) is 21.7. The van der Waals surface area contributed by atoms with E-state index in [-0.39, 0.29) is 28.9 Å². The topological polar surface area (TPSA) is 145 Å². The lowest BCUT2D eigenvalue weighted by Gasteiger charge is -2.08. The highest BCUT2D eigenvalue weighted by atomic mass is 32.3. The zero-order valence-electron chi connectivity index (χ0n) is 20.0. The standard InChI is InChI=1S/2C11H14FNO4S/c1-8(2)7-13-11(14)9-3-5-10(6-4-9)17-18(12,15)16;1-8(2)7-13-11(14)9-4-3-5-10(6-9)17-18(12,15)16/h2*3-6,8H,7H2,1-2H3,(H,13,14). The lowest BCUT2D eigenvalue weighted by atomic mass is 10.2. The van der Waals surface area contributed by atoms with Crippen LogP contribution >= 0.6 is 0 Å². The van der Waals surface area contributed by atoms with Gasteiger partial charge in [0.05, 0.1) is 0 Å². The largest absolute Gasteiger partial charge is 0.488 e. The molecule has 14 heteroatoms. The van der Waals surface area contributed by atoms with E-state index in [1.165, 1.54) is 42.5 Å². The van der Waals surface area contributed by atoms with Gasteiger partial charge in [0, 0.05) is 24.2 Å². The normalized spacial score (nSPS) is 11.3. The van der Waals surface area contributed by atoms with Crippen LogP contribution in [0.4, 0.5) is 7.77 Å². The van der Waals surface area contributed by atoms with Crippen LogP contribution in [-0.2, 0) is 21.0 Å². The van der Waals surface area contributed by atoms with Crippen LogP contribution in [0.5, 0.6) is 11.5 Å². The van der Waals surface area contributed by atoms with Gasteiger partial charge in [0.15, 0.2) is 0 Å². The minimum atomic E-state index is -5.08. The van der Waals surface area contributed by atoms with Crippen LogP contribution in [-0.4, -0.2) is 41.7 Å². The lowest BCUT2D eigenvalue weighted by Crippen LogP contribution is -2.27. The van der Waals surface area contributed by atoms with Crippen molar-refractivity contribution in [1.29, 1.82) is 0 Å². The smallest absolute Gasteiger partial charge is 0.358 e. The van der Waals surface area contributed by atoms with Gasteiger partial charge in [-0.3, -0.25) is 9.59 Å². The Labute approximate surface area is 209 Å². The molecule has 200 valence electrons. The summed E-state index contributed by atoms with van der Waals surface area (Å²) < 4.78 is 73.6. The Morgan fingerprint density at radius 3 is 1.61 bits per heavy atom. The number of hydrogen-bond acceptors (Lipinski definition) is 8. The number of amides is 2. The molecule has 36 heavy (non-hydrogen) atoms. The highest BCUT2D eigenvalue weighted by Crippen LogP contribution is 2.16. The summed E-state index contributed by atoms with van der Waals surface area (Å²) in [7, 11) is -10.1. The molecule has 0 aliphatic heterocycles. The van der Waals surface area contributed by atoms with Gasteiger partial charge in [-0.2, -0.15) is 16.8 Å². The summed E-state index contributed by atoms with van der Waals surface area (Å²) in [5.41, 5.74) is 0.552. The molecule has 2 aromatic rings. The maximum atomic E-state index is 12.3. The first-order valence-corrected chi connectivity index (χ1v) is 13.2. The SMILES string of the molecule is CC(C)CNC(=O)c1ccc(OS(=O)(=O)F)cc1.CC(C)CNC(=O)c1cccc(OS(=O)(=O)F)c1. The van der Waals surface area contributed by atoms with E-state index in [1.807, 2.05) is 27.7 Å². The molecule has 2 rings (SSSR count). The molecule has 0 saturated heterocycles. The maximum Gasteiger partial charge on any atom is 0.488 e. The van der Waals surface area contributed by atoms with Gasteiger partial charge in [-0.1, -0.05) is 41.5 Å². The first kappa shape index (κ1) is 30.8. The van der Waals surface area contributed by atoms with Crippen molar-refractivity contribution in [3.05, 3.63) is 59.7 Å². The van der Waals surface area contributed by atoms with E-state index in [0.717, 1.165) is 6.07 Å². The van der Waals surface area contributed by atoms with Gasteiger partial charge in [0.1, 0.15) is 11.5 Å². The molecule has 0 saturated carbocycles. The van der Waals surface area contributed by atoms with Crippen molar-refractivity contribution in [1.82, 2.24) is 10.6 Å². The van der Waals surface area contributed by atoms with Crippen LogP contribution in [0.15, 0.2) is 48.5 Å². The molecule has 0 heterocycles. The van der Waals surface area contributed by atoms with Crippen LogP contribution < -0.4 is 19.0 Å². The van der Waals surface area contributed by atoms with Crippen molar-refractivity contribution in [2.24, 2.45) is 11.8 Å². The first-order valence-electron chi connectivity index (χ1n) is 10.6. The predicted molar refractivity (Wildman–Crippen MR) is 129 cm³/mol. The molecule has 0 unspecified atom stereocenters. The number of hydrogen-bond donors (Lipinski definition) is 2. The third-order valence-electron chi connectivity index (χ3n) is 3.95. The number of nitrogens with one attached hydrogen (secondary N) is 2. The molecule has 2 N–H and O–H groups in total. The number of halogens is 2. The van der Waals surface area contributed by atoms with E-state index in [1.54, 1.807) is 0 Å². The molecular formula is C22H28F2N2O8S2. The fraction of sp³-hybridized carbons (Fsp3) is 0.364. The second-order valence-corrected chi connectivity index (χ2v) is 10.1. The molecular weight excluding hydrogens is 522 g/mol. The van der Waals surface area contributed by atoms with Crippen LogP contribution in [0.25, 0.3) is 0 Å². The van der Waals surface area contributed by atoms with Crippen molar-refractivity contribution >= 4 is 32.8 Å². The summed E-state index contributed by atoms with van der Waals surface area (Å²) in [5.74, 6) is -0.454. The lowest BCUT2D eigenvalue weighted by molar-refractivity contribution is 0.0941. The quantitative estimate of drug-likeness (QED) is 0.429. The van der Waals surface area contributed by atoms with Gasteiger partial charge in [0.25, 0.3) is 11.8 Å². The minimum absolute atomic E-state index is 0.182. The van der Waals surface area contributed by atoms with Crippen molar-refractivity contribution in [3.63, 3.8) is 0 Å². The summed E-state index contributed by atoms with van der Waals surface area (Å²) in [6, 6.07) is 10.4. The molecule has 10 nitrogen and oxygen atoms in total. The molecule has 2 aromatic carbocycles. The van der Waals surface area contributed by atoms with E-state index in [0.29, 0.717) is 30.5 Å². The van der Waals surface area contributed by atoms with Gasteiger partial charge in [-0.05, 0) is 54.3 Å². The van der Waals surface area contributed by atoms with Crippen LogP contribution in [0.1, 0.15) is 48.4 Å². The summed E-state index contributed by atoms with van der Waals surface area (Å²) in [6.45, 7) is 8.83. The Morgan fingerprint density at radius 2 is 1.17 bits per heavy atom. The summed E-state index contributed by atoms with van der Waals surface area (Å²) in [4.78, 5) is 23.3. The van der Waals surface area contributed by atoms with E-state index in [2.05, 4.69) is 19.0 Å². The maximum absolute atomic E-state index is 12.3. The first-order chi connectivity index (χ1) is 16.6. The molecule has 0 aliphatic carbocycles. The van der Waals surface area contributed by atoms with Crippen LogP contribution in [0.2, 0.25) is 0 Å². The minimum Gasteiger partial charge on any atom is -0.358 e. The molecule has 0 radical (unpaired) electrons. The molecule has 0 atom stereocenters. The molecule has 0 bridgehead atoms. The van der Waals surface area contributed by atoms with E-state index in [4.69, 9.17) is 0 Å². The fourth-order valence-corrected chi connectivity index (χ4v) is 3.05. The average molecular weight is 551 g/mol. The zero-order chi connectivity index (χ0) is 27.5. The number of rotatable bonds is 10. The van der Waals surface area contributed by atoms with Crippen LogP contribution in [0.3, 0.4) is 0 Å². The highest BCUT2D eigenvalue weighted by molar-refractivity contribution is 7.82. The molecule has 0 spiro atoms. The average Bonchev–Trinajstić information content (AvgIpc) is 2.74. The van der Waals surface area contributed by atoms with Gasteiger partial charge < -0.3 is 19.0 Å².